The highest BCUT2D eigenvalue weighted by Gasteiger charge is 2.16. The van der Waals surface area contributed by atoms with Gasteiger partial charge in [-0.3, -0.25) is 10.4 Å². The van der Waals surface area contributed by atoms with Gasteiger partial charge in [0.15, 0.2) is 0 Å². The maximum absolute atomic E-state index is 7.59. The average Bonchev–Trinajstić information content (AvgIpc) is 2.68. The standard InChI is InChI=1S/C9H16N2OS2/c1-12-9(10)7(4-5-13)11-8-3-2-6-14-8/h7,10,13H,2-6H2,1H3. The fraction of sp³-hybridized carbons (Fsp3) is 0.778. The fourth-order valence-electron chi connectivity index (χ4n) is 1.27. The molecule has 1 N–H and O–H groups in total. The molecule has 0 aromatic heterocycles. The van der Waals surface area contributed by atoms with E-state index in [1.54, 1.807) is 11.8 Å². The minimum absolute atomic E-state index is 0.127. The van der Waals surface area contributed by atoms with Crippen LogP contribution < -0.4 is 0 Å². The highest BCUT2D eigenvalue weighted by atomic mass is 32.2. The van der Waals surface area contributed by atoms with Gasteiger partial charge in [-0.15, -0.1) is 11.8 Å². The molecule has 0 amide bonds. The number of nitrogens with zero attached hydrogens (tertiary/aromatic N) is 1. The summed E-state index contributed by atoms with van der Waals surface area (Å²) in [6, 6.07) is -0.127. The van der Waals surface area contributed by atoms with E-state index in [1.165, 1.54) is 18.6 Å². The van der Waals surface area contributed by atoms with Gasteiger partial charge in [0.2, 0.25) is 5.90 Å². The van der Waals surface area contributed by atoms with Crippen LogP contribution in [0.3, 0.4) is 0 Å². The molecule has 1 atom stereocenters. The second-order valence-corrected chi connectivity index (χ2v) is 4.69. The third-order valence-corrected chi connectivity index (χ3v) is 3.42. The Morgan fingerprint density at radius 2 is 2.57 bits per heavy atom. The molecule has 0 aliphatic carbocycles. The van der Waals surface area contributed by atoms with Crippen LogP contribution in [0.1, 0.15) is 19.3 Å². The highest BCUT2D eigenvalue weighted by Crippen LogP contribution is 2.22. The van der Waals surface area contributed by atoms with Crippen LogP contribution in [0.5, 0.6) is 0 Å². The van der Waals surface area contributed by atoms with E-state index < -0.39 is 0 Å². The summed E-state index contributed by atoms with van der Waals surface area (Å²) in [6.07, 6.45) is 3.04. The summed E-state index contributed by atoms with van der Waals surface area (Å²) >= 11 is 5.96. The lowest BCUT2D eigenvalue weighted by molar-refractivity contribution is 0.376. The van der Waals surface area contributed by atoms with Crippen LogP contribution in [0.2, 0.25) is 0 Å². The van der Waals surface area contributed by atoms with Crippen LogP contribution >= 0.6 is 24.4 Å². The molecule has 1 saturated heterocycles. The first-order valence-corrected chi connectivity index (χ1v) is 6.32. The van der Waals surface area contributed by atoms with E-state index in [-0.39, 0.29) is 11.9 Å². The minimum atomic E-state index is -0.127. The van der Waals surface area contributed by atoms with Crippen molar-refractivity contribution in [1.29, 1.82) is 5.41 Å². The Morgan fingerprint density at radius 3 is 3.07 bits per heavy atom. The summed E-state index contributed by atoms with van der Waals surface area (Å²) < 4.78 is 4.91. The normalized spacial score (nSPS) is 21.1. The Kier molecular flexibility index (Phi) is 5.40. The topological polar surface area (TPSA) is 45.4 Å². The summed E-state index contributed by atoms with van der Waals surface area (Å²) in [4.78, 5) is 4.52. The second-order valence-electron chi connectivity index (χ2n) is 3.07. The molecule has 1 aliphatic rings. The largest absolute Gasteiger partial charge is 0.483 e. The summed E-state index contributed by atoms with van der Waals surface area (Å²) in [5.74, 6) is 2.14. The Bertz CT molecular complexity index is 223. The molecule has 0 aromatic carbocycles. The lowest BCUT2D eigenvalue weighted by atomic mass is 10.2. The predicted molar refractivity (Wildman–Crippen MR) is 66.1 cm³/mol. The quantitative estimate of drug-likeness (QED) is 0.443. The minimum Gasteiger partial charge on any atom is -0.483 e. The molecule has 1 unspecified atom stereocenters. The molecule has 0 aromatic rings. The molecular formula is C9H16N2OS2. The molecule has 0 bridgehead atoms. The Labute approximate surface area is 94.6 Å². The maximum Gasteiger partial charge on any atom is 0.205 e. The van der Waals surface area contributed by atoms with Gasteiger partial charge in [-0.25, -0.2) is 0 Å². The van der Waals surface area contributed by atoms with Gasteiger partial charge in [0, 0.05) is 0 Å². The predicted octanol–water partition coefficient (Wildman–Crippen LogP) is 2.22. The monoisotopic (exact) mass is 232 g/mol. The maximum atomic E-state index is 7.59. The van der Waals surface area contributed by atoms with Crippen molar-refractivity contribution >= 4 is 35.3 Å². The van der Waals surface area contributed by atoms with Crippen molar-refractivity contribution in [3.8, 4) is 0 Å². The molecule has 1 aliphatic heterocycles. The number of ether oxygens (including phenoxy) is 1. The molecule has 0 spiro atoms. The van der Waals surface area contributed by atoms with Gasteiger partial charge in [-0.05, 0) is 30.8 Å². The van der Waals surface area contributed by atoms with Gasteiger partial charge < -0.3 is 4.74 Å². The first-order valence-electron chi connectivity index (χ1n) is 4.70. The first-order chi connectivity index (χ1) is 6.77. The summed E-state index contributed by atoms with van der Waals surface area (Å²) in [6.45, 7) is 0. The van der Waals surface area contributed by atoms with Crippen molar-refractivity contribution in [3.05, 3.63) is 0 Å². The molecule has 1 fully saturated rings. The Morgan fingerprint density at radius 1 is 1.79 bits per heavy atom. The van der Waals surface area contributed by atoms with E-state index in [9.17, 15) is 0 Å². The van der Waals surface area contributed by atoms with E-state index in [0.717, 1.165) is 24.3 Å². The van der Waals surface area contributed by atoms with Crippen molar-refractivity contribution in [3.63, 3.8) is 0 Å². The van der Waals surface area contributed by atoms with Crippen LogP contribution in [0.4, 0.5) is 0 Å². The number of aliphatic imine (C=N–C) groups is 1. The van der Waals surface area contributed by atoms with Crippen LogP contribution in [-0.2, 0) is 4.74 Å². The Balaban J connectivity index is 2.57. The molecule has 5 heteroatoms. The second kappa shape index (κ2) is 6.35. The SMILES string of the molecule is COC(=N)C(CCS)N=C1CCCS1. The summed E-state index contributed by atoms with van der Waals surface area (Å²) in [7, 11) is 1.52. The number of hydrogen-bond acceptors (Lipinski definition) is 5. The van der Waals surface area contributed by atoms with Crippen molar-refractivity contribution < 1.29 is 4.74 Å². The van der Waals surface area contributed by atoms with Gasteiger partial charge in [-0.2, -0.15) is 12.6 Å². The number of nitrogens with one attached hydrogen (secondary N) is 1. The van der Waals surface area contributed by atoms with Crippen molar-refractivity contribution in [2.75, 3.05) is 18.6 Å². The van der Waals surface area contributed by atoms with Crippen LogP contribution in [0, 0.1) is 5.41 Å². The molecule has 80 valence electrons. The van der Waals surface area contributed by atoms with E-state index in [1.807, 2.05) is 0 Å². The van der Waals surface area contributed by atoms with E-state index in [0.29, 0.717) is 0 Å². The lowest BCUT2D eigenvalue weighted by Gasteiger charge is -2.12. The number of thioether (sulfide) groups is 1. The zero-order valence-electron chi connectivity index (χ0n) is 8.32. The van der Waals surface area contributed by atoms with Gasteiger partial charge in [-0.1, -0.05) is 0 Å². The van der Waals surface area contributed by atoms with Gasteiger partial charge >= 0.3 is 0 Å². The Hall–Kier alpha value is -0.160. The molecule has 1 rings (SSSR count). The van der Waals surface area contributed by atoms with Crippen LogP contribution in [0.25, 0.3) is 0 Å². The zero-order valence-corrected chi connectivity index (χ0v) is 10.0. The van der Waals surface area contributed by atoms with Crippen molar-refractivity contribution in [2.24, 2.45) is 4.99 Å². The molecule has 14 heavy (non-hydrogen) atoms. The third-order valence-electron chi connectivity index (χ3n) is 2.03. The first kappa shape index (κ1) is 11.9. The van der Waals surface area contributed by atoms with Crippen LogP contribution in [-0.4, -0.2) is 35.6 Å². The van der Waals surface area contributed by atoms with Gasteiger partial charge in [0.1, 0.15) is 6.04 Å². The van der Waals surface area contributed by atoms with Crippen LogP contribution in [0.15, 0.2) is 4.99 Å². The van der Waals surface area contributed by atoms with E-state index in [4.69, 9.17) is 10.1 Å². The number of hydrogen-bond donors (Lipinski definition) is 2. The highest BCUT2D eigenvalue weighted by molar-refractivity contribution is 8.14. The lowest BCUT2D eigenvalue weighted by Crippen LogP contribution is -2.21. The van der Waals surface area contributed by atoms with Crippen molar-refractivity contribution in [2.45, 2.75) is 25.3 Å². The number of methoxy groups -OCH3 is 1. The van der Waals surface area contributed by atoms with E-state index in [2.05, 4.69) is 17.6 Å². The van der Waals surface area contributed by atoms with E-state index >= 15 is 0 Å². The molecule has 0 saturated carbocycles. The summed E-state index contributed by atoms with van der Waals surface area (Å²) in [5, 5.41) is 8.75. The number of thiol groups is 1. The molecule has 1 heterocycles. The van der Waals surface area contributed by atoms with Gasteiger partial charge in [0.25, 0.3) is 0 Å². The summed E-state index contributed by atoms with van der Waals surface area (Å²) in [5.41, 5.74) is 0. The smallest absolute Gasteiger partial charge is 0.205 e. The van der Waals surface area contributed by atoms with Gasteiger partial charge in [0.05, 0.1) is 12.2 Å². The molecule has 0 radical (unpaired) electrons. The third kappa shape index (κ3) is 3.53. The van der Waals surface area contributed by atoms with Crippen molar-refractivity contribution in [1.82, 2.24) is 0 Å². The zero-order chi connectivity index (χ0) is 10.4. The fourth-order valence-corrected chi connectivity index (χ4v) is 2.53. The molecular weight excluding hydrogens is 216 g/mol. The average molecular weight is 232 g/mol. The molecule has 3 nitrogen and oxygen atoms in total. The number of rotatable bonds is 4.